The second kappa shape index (κ2) is 17.4. The highest BCUT2D eigenvalue weighted by Gasteiger charge is 2.06. The van der Waals surface area contributed by atoms with Crippen LogP contribution in [-0.4, -0.2) is 19.3 Å². The lowest BCUT2D eigenvalue weighted by Crippen LogP contribution is -2.18. The zero-order valence-electron chi connectivity index (χ0n) is 28.8. The van der Waals surface area contributed by atoms with E-state index in [0.717, 1.165) is 17.1 Å². The van der Waals surface area contributed by atoms with Crippen LogP contribution in [0.2, 0.25) is 0 Å². The molecule has 3 aromatic heterocycles. The zero-order chi connectivity index (χ0) is 33.8. The summed E-state index contributed by atoms with van der Waals surface area (Å²) < 4.78 is 3.68. The topological polar surface area (TPSA) is 52.7 Å². The Labute approximate surface area is 284 Å². The maximum Gasteiger partial charge on any atom is 0.250 e. The molecule has 0 bridgehead atoms. The maximum absolute atomic E-state index is 11.6. The SMILES string of the molecule is CC(C)c1ccc(Cn2ccccc2=O)cc1.CC(C)c1csc(-c2ccccc2)n1.Cc1cnn(Cc2ccc(C(C)C)cc2)c1. The molecule has 0 fully saturated rings. The number of hydrogen-bond acceptors (Lipinski definition) is 4. The molecule has 5 nitrogen and oxygen atoms in total. The zero-order valence-corrected chi connectivity index (χ0v) is 29.6. The predicted octanol–water partition coefficient (Wildman–Crippen LogP) is 10.3. The van der Waals surface area contributed by atoms with Crippen LogP contribution in [0.4, 0.5) is 0 Å². The average molecular weight is 645 g/mol. The molecule has 0 aliphatic heterocycles. The molecule has 0 atom stereocenters. The number of hydrogen-bond donors (Lipinski definition) is 0. The highest BCUT2D eigenvalue weighted by Crippen LogP contribution is 2.26. The molecule has 0 aliphatic rings. The minimum absolute atomic E-state index is 0.0421. The molecule has 6 rings (SSSR count). The summed E-state index contributed by atoms with van der Waals surface area (Å²) in [7, 11) is 0. The summed E-state index contributed by atoms with van der Waals surface area (Å²) in [6.07, 6.45) is 5.78. The van der Waals surface area contributed by atoms with Gasteiger partial charge < -0.3 is 4.57 Å². The van der Waals surface area contributed by atoms with Gasteiger partial charge in [0.05, 0.1) is 25.0 Å². The molecule has 0 spiro atoms. The Morgan fingerprint density at radius 2 is 1.26 bits per heavy atom. The fourth-order valence-electron chi connectivity index (χ4n) is 4.81. The van der Waals surface area contributed by atoms with E-state index in [4.69, 9.17) is 0 Å². The number of nitrogens with zero attached hydrogens (tertiary/aromatic N) is 4. The van der Waals surface area contributed by atoms with E-state index in [1.165, 1.54) is 33.5 Å². The summed E-state index contributed by atoms with van der Waals surface area (Å²) in [6.45, 7) is 16.7. The van der Waals surface area contributed by atoms with E-state index in [9.17, 15) is 4.79 Å². The molecular formula is C41H48N4OS. The molecule has 0 radical (unpaired) electrons. The fraction of sp³-hybridized carbons (Fsp3) is 0.293. The number of rotatable bonds is 8. The Morgan fingerprint density at radius 1 is 0.681 bits per heavy atom. The van der Waals surface area contributed by atoms with Gasteiger partial charge in [-0.1, -0.05) is 126 Å². The average Bonchev–Trinajstić information content (AvgIpc) is 3.73. The number of pyridine rings is 1. The van der Waals surface area contributed by atoms with Gasteiger partial charge in [0.25, 0.3) is 5.56 Å². The lowest BCUT2D eigenvalue weighted by Gasteiger charge is -2.08. The van der Waals surface area contributed by atoms with Gasteiger partial charge >= 0.3 is 0 Å². The first-order chi connectivity index (χ1) is 22.6. The van der Waals surface area contributed by atoms with E-state index in [2.05, 4.69) is 131 Å². The van der Waals surface area contributed by atoms with Crippen molar-refractivity contribution in [1.82, 2.24) is 19.3 Å². The van der Waals surface area contributed by atoms with Crippen LogP contribution in [0.5, 0.6) is 0 Å². The van der Waals surface area contributed by atoms with E-state index in [-0.39, 0.29) is 5.56 Å². The second-order valence-corrected chi connectivity index (χ2v) is 13.6. The second-order valence-electron chi connectivity index (χ2n) is 12.8. The smallest absolute Gasteiger partial charge is 0.250 e. The molecule has 0 amide bonds. The van der Waals surface area contributed by atoms with Gasteiger partial charge in [-0.25, -0.2) is 4.98 Å². The third kappa shape index (κ3) is 11.0. The van der Waals surface area contributed by atoms with Gasteiger partial charge in [-0.15, -0.1) is 11.3 Å². The third-order valence-corrected chi connectivity index (χ3v) is 8.70. The van der Waals surface area contributed by atoms with Crippen LogP contribution in [0.1, 0.15) is 92.8 Å². The van der Waals surface area contributed by atoms with Gasteiger partial charge in [-0.2, -0.15) is 5.10 Å². The van der Waals surface area contributed by atoms with Crippen molar-refractivity contribution in [2.24, 2.45) is 0 Å². The van der Waals surface area contributed by atoms with Crippen LogP contribution in [-0.2, 0) is 13.1 Å². The van der Waals surface area contributed by atoms with Gasteiger partial charge in [0.2, 0.25) is 0 Å². The standard InChI is InChI=1S/C15H17NO.C14H18N2.C12H13NS/c1-12(2)14-8-6-13(7-9-14)11-16-10-4-3-5-15(16)17;1-11(2)14-6-4-13(5-7-14)10-16-9-12(3)8-15-16;1-9(2)11-8-14-12(13-11)10-6-4-3-5-7-10/h3-10,12H,11H2,1-2H3;4-9,11H,10H2,1-3H3;3-9H,1-2H3. The van der Waals surface area contributed by atoms with E-state index in [1.807, 2.05) is 41.3 Å². The Balaban J connectivity index is 0.000000160. The van der Waals surface area contributed by atoms with Crippen molar-refractivity contribution in [2.45, 2.75) is 79.3 Å². The Bertz CT molecular complexity index is 1830. The number of thiazole rings is 1. The molecule has 6 heteroatoms. The van der Waals surface area contributed by atoms with Crippen LogP contribution in [0.25, 0.3) is 10.6 Å². The summed E-state index contributed by atoms with van der Waals surface area (Å²) in [5, 5.41) is 7.55. The molecule has 0 saturated carbocycles. The first-order valence-corrected chi connectivity index (χ1v) is 17.3. The molecule has 6 aromatic rings. The number of aromatic nitrogens is 4. The Morgan fingerprint density at radius 3 is 1.74 bits per heavy atom. The molecule has 3 aromatic carbocycles. The van der Waals surface area contributed by atoms with Crippen molar-refractivity contribution in [3.63, 3.8) is 0 Å². The third-order valence-electron chi connectivity index (χ3n) is 7.79. The number of aryl methyl sites for hydroxylation is 1. The molecule has 47 heavy (non-hydrogen) atoms. The van der Waals surface area contributed by atoms with E-state index >= 15 is 0 Å². The molecule has 3 heterocycles. The monoisotopic (exact) mass is 644 g/mol. The van der Waals surface area contributed by atoms with Crippen molar-refractivity contribution in [1.29, 1.82) is 0 Å². The largest absolute Gasteiger partial charge is 0.311 e. The molecule has 244 valence electrons. The molecule has 0 N–H and O–H groups in total. The van der Waals surface area contributed by atoms with E-state index in [1.54, 1.807) is 28.0 Å². The van der Waals surface area contributed by atoms with Crippen molar-refractivity contribution >= 4 is 11.3 Å². The minimum Gasteiger partial charge on any atom is -0.311 e. The highest BCUT2D eigenvalue weighted by atomic mass is 32.1. The Hall–Kier alpha value is -4.55. The maximum atomic E-state index is 11.6. The van der Waals surface area contributed by atoms with Crippen LogP contribution in [0.15, 0.2) is 126 Å². The predicted molar refractivity (Wildman–Crippen MR) is 199 cm³/mol. The van der Waals surface area contributed by atoms with Crippen molar-refractivity contribution in [3.05, 3.63) is 165 Å². The minimum atomic E-state index is 0.0421. The van der Waals surface area contributed by atoms with Crippen LogP contribution in [0, 0.1) is 6.92 Å². The fourth-order valence-corrected chi connectivity index (χ4v) is 5.80. The molecule has 0 unspecified atom stereocenters. The van der Waals surface area contributed by atoms with E-state index < -0.39 is 0 Å². The van der Waals surface area contributed by atoms with Gasteiger partial charge in [-0.05, 0) is 58.6 Å². The van der Waals surface area contributed by atoms with E-state index in [0.29, 0.717) is 24.3 Å². The van der Waals surface area contributed by atoms with Crippen molar-refractivity contribution in [2.75, 3.05) is 0 Å². The summed E-state index contributed by atoms with van der Waals surface area (Å²) in [6, 6.07) is 32.8. The van der Waals surface area contributed by atoms with Gasteiger partial charge in [0, 0.05) is 29.4 Å². The summed E-state index contributed by atoms with van der Waals surface area (Å²) >= 11 is 1.72. The van der Waals surface area contributed by atoms with Crippen LogP contribution < -0.4 is 5.56 Å². The summed E-state index contributed by atoms with van der Waals surface area (Å²) in [5.74, 6) is 1.66. The van der Waals surface area contributed by atoms with Gasteiger partial charge in [0.15, 0.2) is 0 Å². The first-order valence-electron chi connectivity index (χ1n) is 16.4. The lowest BCUT2D eigenvalue weighted by molar-refractivity contribution is 0.686. The Kier molecular flexibility index (Phi) is 13.1. The summed E-state index contributed by atoms with van der Waals surface area (Å²) in [5.41, 5.74) is 8.82. The van der Waals surface area contributed by atoms with Gasteiger partial charge in [-0.3, -0.25) is 9.48 Å². The lowest BCUT2D eigenvalue weighted by atomic mass is 10.0. The highest BCUT2D eigenvalue weighted by molar-refractivity contribution is 7.13. The molecule has 0 aliphatic carbocycles. The van der Waals surface area contributed by atoms with Crippen LogP contribution in [0.3, 0.4) is 0 Å². The number of benzene rings is 3. The van der Waals surface area contributed by atoms with Gasteiger partial charge in [0.1, 0.15) is 5.01 Å². The van der Waals surface area contributed by atoms with Crippen LogP contribution >= 0.6 is 11.3 Å². The summed E-state index contributed by atoms with van der Waals surface area (Å²) in [4.78, 5) is 16.2. The van der Waals surface area contributed by atoms with Crippen molar-refractivity contribution in [3.8, 4) is 10.6 Å². The molecule has 0 saturated heterocycles. The quantitative estimate of drug-likeness (QED) is 0.166. The normalized spacial score (nSPS) is 10.9. The molecular weight excluding hydrogens is 597 g/mol. The van der Waals surface area contributed by atoms with Crippen molar-refractivity contribution < 1.29 is 0 Å². The first kappa shape index (κ1) is 35.3.